The number of halogens is 1. The fourth-order valence-corrected chi connectivity index (χ4v) is 4.62. The van der Waals surface area contributed by atoms with Crippen molar-refractivity contribution >= 4 is 25.8 Å². The standard InChI is InChI=1S/C14H12BrNO2S/c15-12-1-3-13(4-2-12)19(17,18)14(7-8-14)11-5-9-16-10-6-11/h1-6,9-10H,7-8H2. The smallest absolute Gasteiger partial charge is 0.188 e. The van der Waals surface area contributed by atoms with Crippen LogP contribution in [0.3, 0.4) is 0 Å². The number of pyridine rings is 1. The van der Waals surface area contributed by atoms with Crippen molar-refractivity contribution in [2.75, 3.05) is 0 Å². The molecular weight excluding hydrogens is 326 g/mol. The summed E-state index contributed by atoms with van der Waals surface area (Å²) in [5.41, 5.74) is 0.838. The zero-order valence-corrected chi connectivity index (χ0v) is 12.5. The average Bonchev–Trinajstić information content (AvgIpc) is 3.22. The van der Waals surface area contributed by atoms with Crippen LogP contribution in [-0.4, -0.2) is 13.4 Å². The molecule has 1 saturated carbocycles. The molecule has 1 aliphatic rings. The first-order chi connectivity index (χ1) is 9.06. The molecule has 0 spiro atoms. The van der Waals surface area contributed by atoms with Crippen LogP contribution in [0.2, 0.25) is 0 Å². The summed E-state index contributed by atoms with van der Waals surface area (Å²) in [6, 6.07) is 10.4. The van der Waals surface area contributed by atoms with Gasteiger partial charge in [-0.05, 0) is 54.8 Å². The normalized spacial score (nSPS) is 17.1. The van der Waals surface area contributed by atoms with E-state index in [1.54, 1.807) is 48.8 Å². The van der Waals surface area contributed by atoms with Gasteiger partial charge in [-0.1, -0.05) is 15.9 Å². The first kappa shape index (κ1) is 12.8. The van der Waals surface area contributed by atoms with Crippen molar-refractivity contribution in [3.8, 4) is 0 Å². The SMILES string of the molecule is O=S(=O)(c1ccc(Br)cc1)C1(c2ccncc2)CC1. The Hall–Kier alpha value is -1.20. The monoisotopic (exact) mass is 337 g/mol. The molecule has 19 heavy (non-hydrogen) atoms. The van der Waals surface area contributed by atoms with E-state index in [0.717, 1.165) is 10.0 Å². The van der Waals surface area contributed by atoms with Crippen LogP contribution in [0.25, 0.3) is 0 Å². The highest BCUT2D eigenvalue weighted by atomic mass is 79.9. The number of sulfone groups is 1. The van der Waals surface area contributed by atoms with E-state index in [0.29, 0.717) is 17.7 Å². The van der Waals surface area contributed by atoms with Gasteiger partial charge < -0.3 is 0 Å². The predicted molar refractivity (Wildman–Crippen MR) is 76.5 cm³/mol. The van der Waals surface area contributed by atoms with Gasteiger partial charge >= 0.3 is 0 Å². The van der Waals surface area contributed by atoms with Crippen molar-refractivity contribution < 1.29 is 8.42 Å². The summed E-state index contributed by atoms with van der Waals surface area (Å²) in [6.45, 7) is 0. The molecule has 1 fully saturated rings. The molecule has 5 heteroatoms. The van der Waals surface area contributed by atoms with Crippen LogP contribution in [-0.2, 0) is 14.6 Å². The summed E-state index contributed by atoms with van der Waals surface area (Å²) in [5, 5.41) is 0. The van der Waals surface area contributed by atoms with E-state index in [9.17, 15) is 8.42 Å². The molecule has 0 N–H and O–H groups in total. The number of rotatable bonds is 3. The van der Waals surface area contributed by atoms with Crippen LogP contribution in [0.5, 0.6) is 0 Å². The molecule has 0 bridgehead atoms. The third-order valence-corrected chi connectivity index (χ3v) is 6.64. The van der Waals surface area contributed by atoms with Gasteiger partial charge in [0.25, 0.3) is 0 Å². The quantitative estimate of drug-likeness (QED) is 0.863. The van der Waals surface area contributed by atoms with Gasteiger partial charge in [0.05, 0.1) is 4.90 Å². The maximum Gasteiger partial charge on any atom is 0.188 e. The van der Waals surface area contributed by atoms with Gasteiger partial charge in [0.15, 0.2) is 9.84 Å². The lowest BCUT2D eigenvalue weighted by molar-refractivity contribution is 0.580. The topological polar surface area (TPSA) is 47.0 Å². The Morgan fingerprint density at radius 2 is 1.58 bits per heavy atom. The molecule has 1 aromatic carbocycles. The zero-order chi connectivity index (χ0) is 13.5. The lowest BCUT2D eigenvalue weighted by atomic mass is 10.2. The Kier molecular flexibility index (Phi) is 2.98. The Labute approximate surface area is 120 Å². The molecule has 3 rings (SSSR count). The molecule has 1 aromatic heterocycles. The fourth-order valence-electron chi connectivity index (χ4n) is 2.32. The van der Waals surface area contributed by atoms with Gasteiger partial charge in [-0.2, -0.15) is 0 Å². The van der Waals surface area contributed by atoms with E-state index in [1.807, 2.05) is 0 Å². The maximum absolute atomic E-state index is 12.8. The molecule has 0 unspecified atom stereocenters. The molecule has 3 nitrogen and oxygen atoms in total. The summed E-state index contributed by atoms with van der Waals surface area (Å²) in [4.78, 5) is 4.33. The molecule has 0 radical (unpaired) electrons. The fraction of sp³-hybridized carbons (Fsp3) is 0.214. The minimum Gasteiger partial charge on any atom is -0.265 e. The van der Waals surface area contributed by atoms with Gasteiger partial charge in [-0.15, -0.1) is 0 Å². The average molecular weight is 338 g/mol. The molecule has 1 heterocycles. The molecule has 98 valence electrons. The Bertz CT molecular complexity index is 692. The van der Waals surface area contributed by atoms with Crippen LogP contribution in [0.15, 0.2) is 58.2 Å². The van der Waals surface area contributed by atoms with Gasteiger partial charge in [-0.25, -0.2) is 8.42 Å². The third kappa shape index (κ3) is 2.01. The van der Waals surface area contributed by atoms with Crippen molar-refractivity contribution in [2.24, 2.45) is 0 Å². The second-order valence-electron chi connectivity index (χ2n) is 4.69. The first-order valence-electron chi connectivity index (χ1n) is 5.97. The highest BCUT2D eigenvalue weighted by molar-refractivity contribution is 9.10. The largest absolute Gasteiger partial charge is 0.265 e. The predicted octanol–water partition coefficient (Wildman–Crippen LogP) is 3.31. The highest BCUT2D eigenvalue weighted by Gasteiger charge is 2.56. The van der Waals surface area contributed by atoms with Gasteiger partial charge in [0, 0.05) is 16.9 Å². The van der Waals surface area contributed by atoms with Crippen molar-refractivity contribution in [3.63, 3.8) is 0 Å². The highest BCUT2D eigenvalue weighted by Crippen LogP contribution is 2.54. The molecule has 0 saturated heterocycles. The Morgan fingerprint density at radius 3 is 2.11 bits per heavy atom. The summed E-state index contributed by atoms with van der Waals surface area (Å²) < 4.78 is 25.7. The van der Waals surface area contributed by atoms with Crippen LogP contribution in [0, 0.1) is 0 Å². The first-order valence-corrected chi connectivity index (χ1v) is 8.25. The number of hydrogen-bond acceptors (Lipinski definition) is 3. The summed E-state index contributed by atoms with van der Waals surface area (Å²) in [6.07, 6.45) is 4.64. The number of hydrogen-bond donors (Lipinski definition) is 0. The molecule has 2 aromatic rings. The zero-order valence-electron chi connectivity index (χ0n) is 10.1. The van der Waals surface area contributed by atoms with Gasteiger partial charge in [0.1, 0.15) is 4.75 Å². The van der Waals surface area contributed by atoms with Crippen molar-refractivity contribution in [2.45, 2.75) is 22.5 Å². The Balaban J connectivity index is 2.08. The second kappa shape index (κ2) is 4.42. The van der Waals surface area contributed by atoms with E-state index >= 15 is 0 Å². The Morgan fingerprint density at radius 1 is 1.00 bits per heavy atom. The minimum atomic E-state index is -3.35. The third-order valence-electron chi connectivity index (χ3n) is 3.55. The van der Waals surface area contributed by atoms with E-state index < -0.39 is 14.6 Å². The lowest BCUT2D eigenvalue weighted by Gasteiger charge is -2.16. The molecule has 0 amide bonds. The van der Waals surface area contributed by atoms with Gasteiger partial charge in [-0.3, -0.25) is 4.98 Å². The van der Waals surface area contributed by atoms with E-state index in [1.165, 1.54) is 0 Å². The van der Waals surface area contributed by atoms with E-state index in [2.05, 4.69) is 20.9 Å². The van der Waals surface area contributed by atoms with Crippen LogP contribution in [0.4, 0.5) is 0 Å². The number of benzene rings is 1. The summed E-state index contributed by atoms with van der Waals surface area (Å²) >= 11 is 3.32. The van der Waals surface area contributed by atoms with Crippen molar-refractivity contribution in [3.05, 3.63) is 58.8 Å². The molecular formula is C14H12BrNO2S. The molecule has 0 atom stereocenters. The number of aromatic nitrogens is 1. The second-order valence-corrected chi connectivity index (χ2v) is 7.86. The molecule has 0 aliphatic heterocycles. The van der Waals surface area contributed by atoms with Crippen LogP contribution < -0.4 is 0 Å². The minimum absolute atomic E-state index is 0.380. The van der Waals surface area contributed by atoms with Crippen molar-refractivity contribution in [1.82, 2.24) is 4.98 Å². The summed E-state index contributed by atoms with van der Waals surface area (Å²) in [7, 11) is -3.35. The van der Waals surface area contributed by atoms with Crippen LogP contribution in [0.1, 0.15) is 18.4 Å². The van der Waals surface area contributed by atoms with Crippen molar-refractivity contribution in [1.29, 1.82) is 0 Å². The van der Waals surface area contributed by atoms with Crippen LogP contribution >= 0.6 is 15.9 Å². The van der Waals surface area contributed by atoms with E-state index in [4.69, 9.17) is 0 Å². The molecule has 1 aliphatic carbocycles. The maximum atomic E-state index is 12.8. The lowest BCUT2D eigenvalue weighted by Crippen LogP contribution is -2.21. The number of nitrogens with zero attached hydrogens (tertiary/aromatic N) is 1. The summed E-state index contributed by atoms with van der Waals surface area (Å²) in [5.74, 6) is 0. The van der Waals surface area contributed by atoms with E-state index in [-0.39, 0.29) is 0 Å². The van der Waals surface area contributed by atoms with Gasteiger partial charge in [0.2, 0.25) is 0 Å².